The second kappa shape index (κ2) is 12.7. The number of ether oxygens (including phenoxy) is 2. The molecule has 0 radical (unpaired) electrons. The average Bonchev–Trinajstić information content (AvgIpc) is 2.99. The van der Waals surface area contributed by atoms with Gasteiger partial charge in [-0.3, -0.25) is 4.79 Å². The fraction of sp³-hybridized carbons (Fsp3) is 0.229. The van der Waals surface area contributed by atoms with E-state index in [2.05, 4.69) is 0 Å². The number of carbonyl (C=O) groups is 1. The number of hydrogen-bond donors (Lipinski definition) is 2. The summed E-state index contributed by atoms with van der Waals surface area (Å²) in [6.07, 6.45) is 4.62. The topological polar surface area (TPSA) is 76.0 Å². The number of fused-ring (bicyclic) bond motifs is 1. The maximum Gasteiger partial charge on any atom is 0.174 e. The lowest BCUT2D eigenvalue weighted by atomic mass is 9.85. The van der Waals surface area contributed by atoms with Gasteiger partial charge < -0.3 is 19.7 Å². The minimum Gasteiger partial charge on any atom is -0.507 e. The molecular formula is C35H34O5. The van der Waals surface area contributed by atoms with Gasteiger partial charge in [0.15, 0.2) is 5.78 Å². The second-order valence-corrected chi connectivity index (χ2v) is 10.2. The van der Waals surface area contributed by atoms with Crippen LogP contribution >= 0.6 is 0 Å². The number of phenolic OH excluding ortho intramolecular Hbond substituents is 1. The first-order chi connectivity index (χ1) is 19.5. The summed E-state index contributed by atoms with van der Waals surface area (Å²) >= 11 is 0. The minimum absolute atomic E-state index is 0.0323. The van der Waals surface area contributed by atoms with E-state index >= 15 is 0 Å². The lowest BCUT2D eigenvalue weighted by Crippen LogP contribution is -2.23. The van der Waals surface area contributed by atoms with E-state index in [1.54, 1.807) is 0 Å². The molecule has 40 heavy (non-hydrogen) atoms. The van der Waals surface area contributed by atoms with Crippen molar-refractivity contribution in [3.63, 3.8) is 0 Å². The normalized spacial score (nSPS) is 16.2. The lowest BCUT2D eigenvalue weighted by molar-refractivity contribution is 0.0840. The van der Waals surface area contributed by atoms with Gasteiger partial charge in [0, 0.05) is 17.5 Å². The van der Waals surface area contributed by atoms with Crippen molar-refractivity contribution in [3.05, 3.63) is 131 Å². The van der Waals surface area contributed by atoms with Crippen LogP contribution in [0.3, 0.4) is 0 Å². The number of hydrogen-bond acceptors (Lipinski definition) is 5. The fourth-order valence-electron chi connectivity index (χ4n) is 5.32. The molecule has 2 N–H and O–H groups in total. The van der Waals surface area contributed by atoms with Gasteiger partial charge in [-0.25, -0.2) is 0 Å². The van der Waals surface area contributed by atoms with Gasteiger partial charge in [0.05, 0.1) is 19.6 Å². The number of carbonyl (C=O) groups excluding carboxylic acids is 1. The highest BCUT2D eigenvalue weighted by Crippen LogP contribution is 2.49. The second-order valence-electron chi connectivity index (χ2n) is 10.2. The van der Waals surface area contributed by atoms with Crippen LogP contribution < -0.4 is 9.47 Å². The van der Waals surface area contributed by atoms with Gasteiger partial charge in [0.2, 0.25) is 0 Å². The summed E-state index contributed by atoms with van der Waals surface area (Å²) in [5.74, 6) is 0.0368. The molecule has 0 spiro atoms. The monoisotopic (exact) mass is 534 g/mol. The standard InChI is InChI=1S/C35H34O5/c1-39-32-23-29(37)33(35-34(32)30(38)22-31(40-35)26-15-9-4-10-16-26)27(19-17-24-11-5-2-6-12-24)21-28(36)20-18-25-13-7-3-8-14-25/h2-17,19,23,27-28,31,36-37H,18,20-22H2,1H3/b19-17+/t27-,28-,31+/m1/s1. The van der Waals surface area contributed by atoms with E-state index in [0.717, 1.165) is 23.1 Å². The minimum atomic E-state index is -0.646. The highest BCUT2D eigenvalue weighted by atomic mass is 16.5. The molecule has 5 rings (SSSR count). The summed E-state index contributed by atoms with van der Waals surface area (Å²) in [7, 11) is 1.48. The first kappa shape index (κ1) is 27.2. The summed E-state index contributed by atoms with van der Waals surface area (Å²) in [6, 6.07) is 31.0. The summed E-state index contributed by atoms with van der Waals surface area (Å²) in [4.78, 5) is 13.5. The molecule has 1 heterocycles. The van der Waals surface area contributed by atoms with Crippen LogP contribution in [0.25, 0.3) is 6.08 Å². The van der Waals surface area contributed by atoms with E-state index in [9.17, 15) is 15.0 Å². The van der Waals surface area contributed by atoms with Crippen LogP contribution in [0.1, 0.15) is 63.9 Å². The number of methoxy groups -OCH3 is 1. The average molecular weight is 535 g/mol. The van der Waals surface area contributed by atoms with Crippen molar-refractivity contribution in [2.24, 2.45) is 0 Å². The number of ketones is 1. The van der Waals surface area contributed by atoms with Crippen LogP contribution in [-0.4, -0.2) is 29.2 Å². The molecule has 0 saturated heterocycles. The molecule has 0 fully saturated rings. The van der Waals surface area contributed by atoms with Crippen molar-refractivity contribution in [3.8, 4) is 17.2 Å². The molecule has 5 heteroatoms. The third-order valence-corrected chi connectivity index (χ3v) is 7.39. The Hall–Kier alpha value is -4.35. The van der Waals surface area contributed by atoms with E-state index < -0.39 is 18.1 Å². The quantitative estimate of drug-likeness (QED) is 0.223. The van der Waals surface area contributed by atoms with Crippen molar-refractivity contribution in [2.45, 2.75) is 43.8 Å². The van der Waals surface area contributed by atoms with Gasteiger partial charge in [-0.1, -0.05) is 103 Å². The predicted molar refractivity (Wildman–Crippen MR) is 157 cm³/mol. The van der Waals surface area contributed by atoms with Crippen LogP contribution in [0.4, 0.5) is 0 Å². The number of aliphatic hydroxyl groups excluding tert-OH is 1. The van der Waals surface area contributed by atoms with E-state index in [0.29, 0.717) is 29.7 Å². The first-order valence-electron chi connectivity index (χ1n) is 13.7. The Bertz CT molecular complexity index is 1450. The SMILES string of the molecule is COc1cc(O)c([C@H](/C=C/c2ccccc2)C[C@H](O)CCc2ccccc2)c2c1C(=O)C[C@@H](c1ccccc1)O2. The summed E-state index contributed by atoms with van der Waals surface area (Å²) in [5, 5.41) is 22.5. The maximum atomic E-state index is 13.5. The Balaban J connectivity index is 1.53. The van der Waals surface area contributed by atoms with E-state index in [1.807, 2.05) is 103 Å². The van der Waals surface area contributed by atoms with Gasteiger partial charge in [0.25, 0.3) is 0 Å². The first-order valence-corrected chi connectivity index (χ1v) is 13.7. The maximum absolute atomic E-state index is 13.5. The van der Waals surface area contributed by atoms with Crippen molar-refractivity contribution >= 4 is 11.9 Å². The van der Waals surface area contributed by atoms with Crippen molar-refractivity contribution in [1.82, 2.24) is 0 Å². The molecule has 4 aromatic carbocycles. The largest absolute Gasteiger partial charge is 0.507 e. The molecule has 1 aliphatic heterocycles. The summed E-state index contributed by atoms with van der Waals surface area (Å²) in [6.45, 7) is 0. The zero-order valence-electron chi connectivity index (χ0n) is 22.6. The number of rotatable bonds is 10. The van der Waals surface area contributed by atoms with Gasteiger partial charge in [-0.15, -0.1) is 0 Å². The summed E-state index contributed by atoms with van der Waals surface area (Å²) in [5.41, 5.74) is 3.85. The smallest absolute Gasteiger partial charge is 0.174 e. The highest BCUT2D eigenvalue weighted by molar-refractivity contribution is 6.03. The number of aromatic hydroxyl groups is 1. The molecule has 0 aliphatic carbocycles. The van der Waals surface area contributed by atoms with Gasteiger partial charge in [-0.2, -0.15) is 0 Å². The molecule has 0 bridgehead atoms. The molecule has 4 aromatic rings. The molecule has 0 aromatic heterocycles. The number of benzene rings is 4. The number of aliphatic hydroxyl groups is 1. The van der Waals surface area contributed by atoms with Crippen LogP contribution in [0.5, 0.6) is 17.2 Å². The molecular weight excluding hydrogens is 500 g/mol. The van der Waals surface area contributed by atoms with Gasteiger partial charge >= 0.3 is 0 Å². The molecule has 5 nitrogen and oxygen atoms in total. The number of phenols is 1. The molecule has 204 valence electrons. The third-order valence-electron chi connectivity index (χ3n) is 7.39. The van der Waals surface area contributed by atoms with E-state index in [-0.39, 0.29) is 23.7 Å². The Morgan fingerprint density at radius 3 is 2.30 bits per heavy atom. The molecule has 0 saturated carbocycles. The van der Waals surface area contributed by atoms with E-state index in [4.69, 9.17) is 9.47 Å². The Morgan fingerprint density at radius 2 is 1.62 bits per heavy atom. The lowest BCUT2D eigenvalue weighted by Gasteiger charge is -2.31. The van der Waals surface area contributed by atoms with Crippen LogP contribution in [0.2, 0.25) is 0 Å². The number of allylic oxidation sites excluding steroid dienone is 1. The zero-order valence-corrected chi connectivity index (χ0v) is 22.6. The number of aryl methyl sites for hydroxylation is 1. The van der Waals surface area contributed by atoms with Crippen LogP contribution in [0, 0.1) is 0 Å². The predicted octanol–water partition coefficient (Wildman–Crippen LogP) is 7.29. The van der Waals surface area contributed by atoms with Crippen molar-refractivity contribution in [1.29, 1.82) is 0 Å². The van der Waals surface area contributed by atoms with E-state index in [1.165, 1.54) is 13.2 Å². The Kier molecular flexibility index (Phi) is 8.62. The highest BCUT2D eigenvalue weighted by Gasteiger charge is 2.36. The van der Waals surface area contributed by atoms with Gasteiger partial charge in [0.1, 0.15) is 28.9 Å². The van der Waals surface area contributed by atoms with Crippen LogP contribution in [0.15, 0.2) is 103 Å². The summed E-state index contributed by atoms with van der Waals surface area (Å²) < 4.78 is 12.0. The number of Topliss-reactive ketones (excluding diaryl/α,β-unsaturated/α-hetero) is 1. The molecule has 1 aliphatic rings. The Labute approximate surface area is 235 Å². The van der Waals surface area contributed by atoms with Crippen LogP contribution in [-0.2, 0) is 6.42 Å². The van der Waals surface area contributed by atoms with Crippen molar-refractivity contribution < 1.29 is 24.5 Å². The van der Waals surface area contributed by atoms with Gasteiger partial charge in [-0.05, 0) is 36.0 Å². The fourth-order valence-corrected chi connectivity index (χ4v) is 5.32. The van der Waals surface area contributed by atoms with Crippen molar-refractivity contribution in [2.75, 3.05) is 7.11 Å². The molecule has 0 unspecified atom stereocenters. The zero-order chi connectivity index (χ0) is 27.9. The third kappa shape index (κ3) is 6.27. The molecule has 0 amide bonds. The molecule has 3 atom stereocenters. The Morgan fingerprint density at radius 1 is 0.975 bits per heavy atom.